The van der Waals surface area contributed by atoms with E-state index in [1.807, 2.05) is 36.6 Å². The van der Waals surface area contributed by atoms with Crippen LogP contribution < -0.4 is 11.1 Å². The van der Waals surface area contributed by atoms with Crippen LogP contribution in [0.1, 0.15) is 18.5 Å². The second-order valence-electron chi connectivity index (χ2n) is 5.13. The summed E-state index contributed by atoms with van der Waals surface area (Å²) in [6, 6.07) is 9.18. The van der Waals surface area contributed by atoms with Gasteiger partial charge in [0, 0.05) is 5.02 Å². The Balaban J connectivity index is 1.61. The van der Waals surface area contributed by atoms with E-state index in [0.29, 0.717) is 16.0 Å². The van der Waals surface area contributed by atoms with Gasteiger partial charge in [0.05, 0.1) is 17.2 Å². The zero-order valence-electron chi connectivity index (χ0n) is 12.8. The number of amides is 1. The van der Waals surface area contributed by atoms with Gasteiger partial charge < -0.3 is 11.1 Å². The fourth-order valence-electron chi connectivity index (χ4n) is 2.24. The normalized spacial score (nSPS) is 12.2. The van der Waals surface area contributed by atoms with Gasteiger partial charge in [-0.3, -0.25) is 4.79 Å². The Morgan fingerprint density at radius 3 is 2.96 bits per heavy atom. The number of anilines is 1. The van der Waals surface area contributed by atoms with Crippen LogP contribution in [-0.4, -0.2) is 21.6 Å². The molecule has 1 aromatic carbocycles. The molecule has 5 nitrogen and oxygen atoms in total. The molecule has 0 bridgehead atoms. The summed E-state index contributed by atoms with van der Waals surface area (Å²) < 4.78 is 0. The number of aromatic nitrogens is 2. The molecule has 0 aliphatic heterocycles. The number of hydrogen-bond acceptors (Lipinski definition) is 6. The van der Waals surface area contributed by atoms with Gasteiger partial charge in [-0.1, -0.05) is 41.6 Å². The lowest BCUT2D eigenvalue weighted by molar-refractivity contribution is -0.119. The summed E-state index contributed by atoms with van der Waals surface area (Å²) in [6.45, 7) is 1.90. The van der Waals surface area contributed by atoms with Crippen molar-refractivity contribution in [2.45, 2.75) is 18.1 Å². The number of carbonyl (C=O) groups excluding carboxylic acids is 1. The van der Waals surface area contributed by atoms with E-state index in [0.717, 1.165) is 15.8 Å². The van der Waals surface area contributed by atoms with Gasteiger partial charge in [-0.05, 0) is 30.0 Å². The number of nitrogens with one attached hydrogen (secondary N) is 1. The Bertz CT molecular complexity index is 883. The van der Waals surface area contributed by atoms with Gasteiger partial charge in [0.1, 0.15) is 10.6 Å². The summed E-state index contributed by atoms with van der Waals surface area (Å²) in [4.78, 5) is 21.6. The molecular weight excluding hydrogens is 364 g/mol. The minimum atomic E-state index is -0.169. The molecule has 0 spiro atoms. The van der Waals surface area contributed by atoms with Crippen molar-refractivity contribution in [1.29, 1.82) is 0 Å². The third-order valence-corrected chi connectivity index (χ3v) is 5.41. The third-order valence-electron chi connectivity index (χ3n) is 3.42. The Kier molecular flexibility index (Phi) is 5.23. The van der Waals surface area contributed by atoms with Gasteiger partial charge in [0.15, 0.2) is 5.16 Å². The standard InChI is InChI=1S/C16H15ClN4OS2/c1-9(10-4-2-3-5-12(10)17)19-13(22)8-24-16-20-14(18)11-6-7-23-15(11)21-16/h2-7,9H,8H2,1H3,(H,19,22)(H2,18,20,21). The fraction of sp³-hybridized carbons (Fsp3) is 0.188. The zero-order chi connectivity index (χ0) is 17.1. The van der Waals surface area contributed by atoms with Gasteiger partial charge in [-0.25, -0.2) is 9.97 Å². The van der Waals surface area contributed by atoms with Crippen molar-refractivity contribution in [3.05, 3.63) is 46.3 Å². The van der Waals surface area contributed by atoms with Crippen LogP contribution in [0.15, 0.2) is 40.9 Å². The van der Waals surface area contributed by atoms with Gasteiger partial charge >= 0.3 is 0 Å². The molecule has 24 heavy (non-hydrogen) atoms. The number of halogens is 1. The van der Waals surface area contributed by atoms with E-state index in [1.54, 1.807) is 6.07 Å². The minimum Gasteiger partial charge on any atom is -0.383 e. The van der Waals surface area contributed by atoms with Crippen LogP contribution in [-0.2, 0) is 4.79 Å². The Morgan fingerprint density at radius 1 is 1.38 bits per heavy atom. The fourth-order valence-corrected chi connectivity index (χ4v) is 4.03. The van der Waals surface area contributed by atoms with E-state index < -0.39 is 0 Å². The average Bonchev–Trinajstić information content (AvgIpc) is 3.02. The summed E-state index contributed by atoms with van der Waals surface area (Å²) in [5.74, 6) is 0.542. The number of thiophene rings is 1. The summed E-state index contributed by atoms with van der Waals surface area (Å²) in [5, 5.41) is 6.83. The predicted molar refractivity (Wildman–Crippen MR) is 101 cm³/mol. The lowest BCUT2D eigenvalue weighted by Crippen LogP contribution is -2.28. The maximum atomic E-state index is 12.2. The van der Waals surface area contributed by atoms with E-state index in [9.17, 15) is 4.79 Å². The Labute approximate surface area is 152 Å². The van der Waals surface area contributed by atoms with Gasteiger partial charge in [-0.2, -0.15) is 0 Å². The number of fused-ring (bicyclic) bond motifs is 1. The first-order chi connectivity index (χ1) is 11.5. The van der Waals surface area contributed by atoms with Crippen LogP contribution in [0.3, 0.4) is 0 Å². The second-order valence-corrected chi connectivity index (χ2v) is 7.37. The first-order valence-electron chi connectivity index (χ1n) is 7.22. The molecular formula is C16H15ClN4OS2. The van der Waals surface area contributed by atoms with Crippen molar-refractivity contribution in [1.82, 2.24) is 15.3 Å². The molecule has 0 saturated carbocycles. The smallest absolute Gasteiger partial charge is 0.230 e. The lowest BCUT2D eigenvalue weighted by atomic mass is 10.1. The maximum Gasteiger partial charge on any atom is 0.230 e. The molecule has 1 amide bonds. The van der Waals surface area contributed by atoms with Crippen LogP contribution in [0.5, 0.6) is 0 Å². The van der Waals surface area contributed by atoms with Crippen molar-refractivity contribution in [3.8, 4) is 0 Å². The SMILES string of the molecule is CC(NC(=O)CSc1nc(N)c2ccsc2n1)c1ccccc1Cl. The molecule has 0 aliphatic carbocycles. The number of carbonyl (C=O) groups is 1. The molecule has 2 heterocycles. The number of hydrogen-bond donors (Lipinski definition) is 2. The molecule has 8 heteroatoms. The first kappa shape index (κ1) is 17.0. The summed E-state index contributed by atoms with van der Waals surface area (Å²) in [6.07, 6.45) is 0. The molecule has 124 valence electrons. The highest BCUT2D eigenvalue weighted by Gasteiger charge is 2.14. The summed E-state index contributed by atoms with van der Waals surface area (Å²) >= 11 is 8.91. The molecule has 0 fully saturated rings. The largest absolute Gasteiger partial charge is 0.383 e. The number of nitrogen functional groups attached to an aromatic ring is 1. The summed E-state index contributed by atoms with van der Waals surface area (Å²) in [7, 11) is 0. The van der Waals surface area contributed by atoms with Gasteiger partial charge in [-0.15, -0.1) is 11.3 Å². The third kappa shape index (κ3) is 3.80. The zero-order valence-corrected chi connectivity index (χ0v) is 15.2. The molecule has 0 aliphatic rings. The first-order valence-corrected chi connectivity index (χ1v) is 9.46. The van der Waals surface area contributed by atoms with Crippen LogP contribution >= 0.6 is 34.7 Å². The van der Waals surface area contributed by atoms with E-state index in [4.69, 9.17) is 17.3 Å². The van der Waals surface area contributed by atoms with Crippen molar-refractivity contribution in [3.63, 3.8) is 0 Å². The van der Waals surface area contributed by atoms with Gasteiger partial charge in [0.25, 0.3) is 0 Å². The minimum absolute atomic E-state index is 0.110. The van der Waals surface area contributed by atoms with E-state index in [-0.39, 0.29) is 17.7 Å². The molecule has 2 aromatic heterocycles. The number of nitrogens with zero attached hydrogens (tertiary/aromatic N) is 2. The highest BCUT2D eigenvalue weighted by atomic mass is 35.5. The number of rotatable bonds is 5. The topological polar surface area (TPSA) is 80.9 Å². The van der Waals surface area contributed by atoms with E-state index in [2.05, 4.69) is 15.3 Å². The molecule has 3 N–H and O–H groups in total. The van der Waals surface area contributed by atoms with Crippen LogP contribution in [0.25, 0.3) is 10.2 Å². The highest BCUT2D eigenvalue weighted by molar-refractivity contribution is 7.99. The van der Waals surface area contributed by atoms with E-state index in [1.165, 1.54) is 23.1 Å². The molecule has 3 rings (SSSR count). The van der Waals surface area contributed by atoms with Crippen LogP contribution in [0, 0.1) is 0 Å². The molecule has 0 radical (unpaired) electrons. The van der Waals surface area contributed by atoms with Crippen molar-refractivity contribution in [2.75, 3.05) is 11.5 Å². The Hall–Kier alpha value is -1.83. The monoisotopic (exact) mass is 378 g/mol. The maximum absolute atomic E-state index is 12.2. The molecule has 0 saturated heterocycles. The number of benzene rings is 1. The highest BCUT2D eigenvalue weighted by Crippen LogP contribution is 2.26. The summed E-state index contributed by atoms with van der Waals surface area (Å²) in [5.41, 5.74) is 6.80. The predicted octanol–water partition coefficient (Wildman–Crippen LogP) is 3.90. The lowest BCUT2D eigenvalue weighted by Gasteiger charge is -2.15. The quantitative estimate of drug-likeness (QED) is 0.520. The van der Waals surface area contributed by atoms with Crippen molar-refractivity contribution >= 4 is 56.6 Å². The van der Waals surface area contributed by atoms with Crippen LogP contribution in [0.4, 0.5) is 5.82 Å². The number of nitrogens with two attached hydrogens (primary N) is 1. The molecule has 1 unspecified atom stereocenters. The average molecular weight is 379 g/mol. The Morgan fingerprint density at radius 2 is 2.17 bits per heavy atom. The van der Waals surface area contributed by atoms with E-state index >= 15 is 0 Å². The number of thioether (sulfide) groups is 1. The van der Waals surface area contributed by atoms with Crippen molar-refractivity contribution < 1.29 is 4.79 Å². The van der Waals surface area contributed by atoms with Crippen molar-refractivity contribution in [2.24, 2.45) is 0 Å². The molecule has 1 atom stereocenters. The second kappa shape index (κ2) is 7.38. The van der Waals surface area contributed by atoms with Crippen LogP contribution in [0.2, 0.25) is 5.02 Å². The van der Waals surface area contributed by atoms with Gasteiger partial charge in [0.2, 0.25) is 5.91 Å². The molecule has 3 aromatic rings.